The summed E-state index contributed by atoms with van der Waals surface area (Å²) in [6.45, 7) is 7.71. The lowest BCUT2D eigenvalue weighted by molar-refractivity contribution is 0.557. The second-order valence-electron chi connectivity index (χ2n) is 4.35. The molecule has 4 nitrogen and oxygen atoms in total. The van der Waals surface area contributed by atoms with E-state index in [4.69, 9.17) is 9.68 Å². The van der Waals surface area contributed by atoms with Crippen LogP contribution in [-0.4, -0.2) is 13.1 Å². The molecule has 0 aliphatic carbocycles. The van der Waals surface area contributed by atoms with E-state index in [1.807, 2.05) is 24.3 Å². The summed E-state index contributed by atoms with van der Waals surface area (Å²) >= 11 is 0. The Kier molecular flexibility index (Phi) is 3.57. The maximum Gasteiger partial charge on any atom is 0.354 e. The van der Waals surface area contributed by atoms with Crippen molar-refractivity contribution in [3.8, 4) is 6.07 Å². The van der Waals surface area contributed by atoms with Gasteiger partial charge in [-0.3, -0.25) is 0 Å². The summed E-state index contributed by atoms with van der Waals surface area (Å²) in [5.74, 6) is 0. The Morgan fingerprint density at radius 1 is 1.32 bits per heavy atom. The highest BCUT2D eigenvalue weighted by molar-refractivity contribution is 5.85. The highest BCUT2D eigenvalue weighted by Crippen LogP contribution is 2.24. The van der Waals surface area contributed by atoms with Crippen molar-refractivity contribution in [2.24, 2.45) is 0 Å². The standard InChI is InChI=1S/C15H16N2O2/c1-4-17(5-2)11-6-7-12-10(3)13(9-16)15(18)19-14(12)8-11/h6-8H,4-5H2,1-3H3. The number of anilines is 1. The molecule has 0 atom stereocenters. The van der Waals surface area contributed by atoms with E-state index >= 15 is 0 Å². The number of aryl methyl sites for hydroxylation is 1. The van der Waals surface area contributed by atoms with Crippen molar-refractivity contribution in [3.63, 3.8) is 0 Å². The fourth-order valence-corrected chi connectivity index (χ4v) is 2.26. The van der Waals surface area contributed by atoms with Crippen molar-refractivity contribution < 1.29 is 4.42 Å². The number of nitriles is 1. The normalized spacial score (nSPS) is 10.4. The second kappa shape index (κ2) is 5.15. The molecule has 19 heavy (non-hydrogen) atoms. The first-order valence-electron chi connectivity index (χ1n) is 6.34. The van der Waals surface area contributed by atoms with Gasteiger partial charge in [-0.25, -0.2) is 4.79 Å². The van der Waals surface area contributed by atoms with Gasteiger partial charge in [0.15, 0.2) is 0 Å². The molecule has 0 saturated carbocycles. The summed E-state index contributed by atoms with van der Waals surface area (Å²) in [5, 5.41) is 9.77. The Labute approximate surface area is 111 Å². The smallest absolute Gasteiger partial charge is 0.354 e. The Morgan fingerprint density at radius 3 is 2.58 bits per heavy atom. The minimum absolute atomic E-state index is 0.0862. The SMILES string of the molecule is CCN(CC)c1ccc2c(C)c(C#N)c(=O)oc2c1. The second-order valence-corrected chi connectivity index (χ2v) is 4.35. The Hall–Kier alpha value is -2.28. The first-order valence-corrected chi connectivity index (χ1v) is 6.34. The van der Waals surface area contributed by atoms with Gasteiger partial charge in [-0.1, -0.05) is 0 Å². The minimum atomic E-state index is -0.566. The lowest BCUT2D eigenvalue weighted by Gasteiger charge is -2.21. The molecule has 2 rings (SSSR count). The molecular formula is C15H16N2O2. The molecule has 0 amide bonds. The van der Waals surface area contributed by atoms with Crippen LogP contribution in [0.15, 0.2) is 27.4 Å². The first-order chi connectivity index (χ1) is 9.12. The molecule has 0 saturated heterocycles. The van der Waals surface area contributed by atoms with Gasteiger partial charge in [0.05, 0.1) is 0 Å². The van der Waals surface area contributed by atoms with Crippen molar-refractivity contribution >= 4 is 16.7 Å². The van der Waals surface area contributed by atoms with Crippen LogP contribution < -0.4 is 10.5 Å². The van der Waals surface area contributed by atoms with Crippen molar-refractivity contribution in [1.29, 1.82) is 5.26 Å². The summed E-state index contributed by atoms with van der Waals surface area (Å²) in [6, 6.07) is 7.65. The van der Waals surface area contributed by atoms with Crippen LogP contribution in [0.5, 0.6) is 0 Å². The van der Waals surface area contributed by atoms with Crippen molar-refractivity contribution in [1.82, 2.24) is 0 Å². The maximum atomic E-state index is 11.7. The first kappa shape index (κ1) is 13.2. The zero-order chi connectivity index (χ0) is 14.0. The number of nitrogens with zero attached hydrogens (tertiary/aromatic N) is 2. The fraction of sp³-hybridized carbons (Fsp3) is 0.333. The molecule has 0 fully saturated rings. The van der Waals surface area contributed by atoms with Crippen LogP contribution in [0.2, 0.25) is 0 Å². The van der Waals surface area contributed by atoms with Gasteiger partial charge in [-0.05, 0) is 38.5 Å². The summed E-state index contributed by atoms with van der Waals surface area (Å²) in [6.07, 6.45) is 0. The molecule has 1 heterocycles. The molecule has 0 bridgehead atoms. The molecule has 0 radical (unpaired) electrons. The van der Waals surface area contributed by atoms with Crippen molar-refractivity contribution in [3.05, 3.63) is 39.7 Å². The van der Waals surface area contributed by atoms with E-state index in [1.165, 1.54) is 0 Å². The highest BCUT2D eigenvalue weighted by atomic mass is 16.4. The van der Waals surface area contributed by atoms with Gasteiger partial charge >= 0.3 is 5.63 Å². The Bertz CT molecular complexity index is 706. The van der Waals surface area contributed by atoms with Crippen LogP contribution in [-0.2, 0) is 0 Å². The monoisotopic (exact) mass is 256 g/mol. The molecule has 1 aromatic heterocycles. The van der Waals surface area contributed by atoms with Crippen LogP contribution in [0.25, 0.3) is 11.0 Å². The summed E-state index contributed by atoms with van der Waals surface area (Å²) in [5.41, 5.74) is 1.75. The van der Waals surface area contributed by atoms with Crippen molar-refractivity contribution in [2.45, 2.75) is 20.8 Å². The van der Waals surface area contributed by atoms with E-state index in [-0.39, 0.29) is 5.56 Å². The van der Waals surface area contributed by atoms with Gasteiger partial charge in [0.25, 0.3) is 0 Å². The van der Waals surface area contributed by atoms with Crippen LogP contribution in [0.3, 0.4) is 0 Å². The lowest BCUT2D eigenvalue weighted by atomic mass is 10.1. The van der Waals surface area contributed by atoms with Crippen LogP contribution in [0.4, 0.5) is 5.69 Å². The predicted molar refractivity (Wildman–Crippen MR) is 75.5 cm³/mol. The number of fused-ring (bicyclic) bond motifs is 1. The molecule has 98 valence electrons. The topological polar surface area (TPSA) is 57.2 Å². The zero-order valence-electron chi connectivity index (χ0n) is 11.4. The zero-order valence-corrected chi connectivity index (χ0v) is 11.4. The molecule has 0 aliphatic rings. The van der Waals surface area contributed by atoms with Crippen LogP contribution in [0, 0.1) is 18.3 Å². The third-order valence-electron chi connectivity index (χ3n) is 3.39. The van der Waals surface area contributed by atoms with E-state index in [0.717, 1.165) is 24.2 Å². The number of rotatable bonds is 3. The predicted octanol–water partition coefficient (Wildman–Crippen LogP) is 2.82. The third-order valence-corrected chi connectivity index (χ3v) is 3.39. The molecule has 0 N–H and O–H groups in total. The average molecular weight is 256 g/mol. The molecule has 0 aliphatic heterocycles. The van der Waals surface area contributed by atoms with Gasteiger partial charge in [-0.2, -0.15) is 5.26 Å². The van der Waals surface area contributed by atoms with E-state index in [2.05, 4.69) is 18.7 Å². The molecular weight excluding hydrogens is 240 g/mol. The lowest BCUT2D eigenvalue weighted by Crippen LogP contribution is -2.21. The number of hydrogen-bond acceptors (Lipinski definition) is 4. The van der Waals surface area contributed by atoms with Gasteiger partial charge in [-0.15, -0.1) is 0 Å². The average Bonchev–Trinajstić information content (AvgIpc) is 2.40. The molecule has 0 spiro atoms. The quantitative estimate of drug-likeness (QED) is 0.792. The number of benzene rings is 1. The molecule has 2 aromatic rings. The van der Waals surface area contributed by atoms with E-state index in [1.54, 1.807) is 6.92 Å². The van der Waals surface area contributed by atoms with Crippen LogP contribution in [0.1, 0.15) is 25.0 Å². The highest BCUT2D eigenvalue weighted by Gasteiger charge is 2.12. The van der Waals surface area contributed by atoms with E-state index < -0.39 is 5.63 Å². The maximum absolute atomic E-state index is 11.7. The summed E-state index contributed by atoms with van der Waals surface area (Å²) in [7, 11) is 0. The van der Waals surface area contributed by atoms with Crippen molar-refractivity contribution in [2.75, 3.05) is 18.0 Å². The molecule has 4 heteroatoms. The Balaban J connectivity index is 2.69. The van der Waals surface area contributed by atoms with Gasteiger partial charge in [0.1, 0.15) is 17.2 Å². The minimum Gasteiger partial charge on any atom is -0.422 e. The van der Waals surface area contributed by atoms with Gasteiger partial charge in [0, 0.05) is 30.2 Å². The number of hydrogen-bond donors (Lipinski definition) is 0. The third kappa shape index (κ3) is 2.19. The summed E-state index contributed by atoms with van der Waals surface area (Å²) in [4.78, 5) is 13.9. The summed E-state index contributed by atoms with van der Waals surface area (Å²) < 4.78 is 5.24. The van der Waals surface area contributed by atoms with E-state index in [0.29, 0.717) is 11.1 Å². The van der Waals surface area contributed by atoms with E-state index in [9.17, 15) is 4.79 Å². The van der Waals surface area contributed by atoms with Gasteiger partial charge in [0.2, 0.25) is 0 Å². The largest absolute Gasteiger partial charge is 0.422 e. The van der Waals surface area contributed by atoms with Crippen LogP contribution >= 0.6 is 0 Å². The molecule has 0 unspecified atom stereocenters. The fourth-order valence-electron chi connectivity index (χ4n) is 2.26. The van der Waals surface area contributed by atoms with Gasteiger partial charge < -0.3 is 9.32 Å². The Morgan fingerprint density at radius 2 is 2.00 bits per heavy atom. The molecule has 1 aromatic carbocycles.